The summed E-state index contributed by atoms with van der Waals surface area (Å²) < 4.78 is 27.2. The minimum absolute atomic E-state index is 0.152. The van der Waals surface area contributed by atoms with E-state index in [1.54, 1.807) is 37.6 Å². The first-order chi connectivity index (χ1) is 18.5. The van der Waals surface area contributed by atoms with Gasteiger partial charge in [0.1, 0.15) is 17.6 Å². The number of nitrogens with zero attached hydrogens (tertiary/aromatic N) is 2. The second-order valence-electron chi connectivity index (χ2n) is 8.65. The van der Waals surface area contributed by atoms with E-state index in [9.17, 15) is 9.00 Å². The second kappa shape index (κ2) is 13.5. The number of carbonyl (C=O) groups is 1. The molecule has 3 aromatic carbocycles. The summed E-state index contributed by atoms with van der Waals surface area (Å²) in [5.74, 6) is 1.12. The summed E-state index contributed by atoms with van der Waals surface area (Å²) in [5, 5.41) is 2.74. The Kier molecular flexibility index (Phi) is 9.61. The van der Waals surface area contributed by atoms with Crippen LogP contribution in [0, 0.1) is 0 Å². The average molecular weight is 530 g/mol. The molecule has 4 rings (SSSR count). The van der Waals surface area contributed by atoms with Crippen molar-refractivity contribution < 1.29 is 18.5 Å². The van der Waals surface area contributed by atoms with Crippen molar-refractivity contribution in [1.29, 1.82) is 0 Å². The molecule has 4 aromatic rings. The molecule has 8 heteroatoms. The van der Waals surface area contributed by atoms with Crippen molar-refractivity contribution >= 4 is 22.6 Å². The van der Waals surface area contributed by atoms with Gasteiger partial charge in [-0.3, -0.25) is 9.78 Å². The van der Waals surface area contributed by atoms with E-state index in [1.807, 2.05) is 71.0 Å². The highest BCUT2D eigenvalue weighted by molar-refractivity contribution is 7.82. The Morgan fingerprint density at radius 3 is 2.37 bits per heavy atom. The number of benzene rings is 3. The normalized spacial score (nSPS) is 11.7. The highest BCUT2D eigenvalue weighted by Gasteiger charge is 2.18. The first kappa shape index (κ1) is 27.0. The van der Waals surface area contributed by atoms with Gasteiger partial charge in [-0.2, -0.15) is 0 Å². The van der Waals surface area contributed by atoms with Crippen LogP contribution in [-0.4, -0.2) is 33.1 Å². The van der Waals surface area contributed by atoms with Crippen molar-refractivity contribution in [1.82, 2.24) is 9.29 Å². The van der Waals surface area contributed by atoms with Crippen LogP contribution in [0.2, 0.25) is 0 Å². The lowest BCUT2D eigenvalue weighted by molar-refractivity contribution is -0.114. The lowest BCUT2D eigenvalue weighted by Gasteiger charge is -2.22. The molecule has 38 heavy (non-hydrogen) atoms. The number of ether oxygens (including phenoxy) is 2. The molecule has 1 atom stereocenters. The fourth-order valence-electron chi connectivity index (χ4n) is 3.88. The van der Waals surface area contributed by atoms with Crippen LogP contribution in [0.4, 0.5) is 5.69 Å². The largest absolute Gasteiger partial charge is 0.493 e. The number of rotatable bonds is 12. The molecule has 0 spiro atoms. The van der Waals surface area contributed by atoms with E-state index in [2.05, 4.69) is 10.3 Å². The van der Waals surface area contributed by atoms with Gasteiger partial charge in [-0.15, -0.1) is 0 Å². The van der Waals surface area contributed by atoms with Crippen LogP contribution < -0.4 is 14.8 Å². The zero-order valence-corrected chi connectivity index (χ0v) is 22.3. The van der Waals surface area contributed by atoms with Gasteiger partial charge in [-0.25, -0.2) is 8.51 Å². The highest BCUT2D eigenvalue weighted by Crippen LogP contribution is 2.30. The maximum atomic E-state index is 13.7. The lowest BCUT2D eigenvalue weighted by atomic mass is 10.2. The molecule has 0 bridgehead atoms. The Hall–Kier alpha value is -4.01. The Labute approximate surface area is 226 Å². The van der Waals surface area contributed by atoms with Crippen LogP contribution in [0.15, 0.2) is 102 Å². The molecule has 0 radical (unpaired) electrons. The SMILES string of the molecule is COc1cc(CN(CCc2ccccn2)S(=O)c2ccc(NC(C)=O)cc2)ccc1OCc1ccccc1. The molecule has 0 saturated carbocycles. The van der Waals surface area contributed by atoms with Gasteiger partial charge < -0.3 is 14.8 Å². The maximum Gasteiger partial charge on any atom is 0.221 e. The molecule has 0 aliphatic rings. The van der Waals surface area contributed by atoms with E-state index >= 15 is 0 Å². The molecule has 0 fully saturated rings. The topological polar surface area (TPSA) is 80.8 Å². The quantitative estimate of drug-likeness (QED) is 0.266. The van der Waals surface area contributed by atoms with Gasteiger partial charge in [0.25, 0.3) is 0 Å². The number of nitrogens with one attached hydrogen (secondary N) is 1. The Morgan fingerprint density at radius 1 is 0.921 bits per heavy atom. The van der Waals surface area contributed by atoms with Crippen LogP contribution in [-0.2, 0) is 35.4 Å². The highest BCUT2D eigenvalue weighted by atomic mass is 32.2. The smallest absolute Gasteiger partial charge is 0.221 e. The van der Waals surface area contributed by atoms with Gasteiger partial charge in [0.15, 0.2) is 11.5 Å². The Balaban J connectivity index is 1.51. The number of aromatic nitrogens is 1. The summed E-state index contributed by atoms with van der Waals surface area (Å²) in [7, 11) is 0.175. The van der Waals surface area contributed by atoms with Gasteiger partial charge in [0, 0.05) is 44.0 Å². The van der Waals surface area contributed by atoms with Gasteiger partial charge in [0.05, 0.1) is 12.0 Å². The van der Waals surface area contributed by atoms with Crippen LogP contribution in [0.1, 0.15) is 23.7 Å². The molecule has 7 nitrogen and oxygen atoms in total. The monoisotopic (exact) mass is 529 g/mol. The van der Waals surface area contributed by atoms with E-state index in [4.69, 9.17) is 9.47 Å². The first-order valence-electron chi connectivity index (χ1n) is 12.3. The summed E-state index contributed by atoms with van der Waals surface area (Å²) in [6.07, 6.45) is 2.41. The standard InChI is InChI=1S/C30H31N3O4S/c1-23(34)32-27-12-14-28(15-13-27)38(35)33(19-17-26-10-6-7-18-31-26)21-25-11-16-29(30(20-25)36-2)37-22-24-8-4-3-5-9-24/h3-16,18,20H,17,19,21-22H2,1-2H3,(H,32,34). The van der Waals surface area contributed by atoms with Crippen molar-refractivity contribution in [2.75, 3.05) is 19.0 Å². The molecule has 1 aromatic heterocycles. The van der Waals surface area contributed by atoms with E-state index in [-0.39, 0.29) is 5.91 Å². The fraction of sp³-hybridized carbons (Fsp3) is 0.200. The zero-order chi connectivity index (χ0) is 26.7. The van der Waals surface area contributed by atoms with Crippen molar-refractivity contribution in [2.45, 2.75) is 31.4 Å². The molecule has 1 heterocycles. The molecule has 1 N–H and O–H groups in total. The summed E-state index contributed by atoms with van der Waals surface area (Å²) in [5.41, 5.74) is 3.60. The number of pyridine rings is 1. The van der Waals surface area contributed by atoms with Gasteiger partial charge in [-0.1, -0.05) is 42.5 Å². The van der Waals surface area contributed by atoms with Crippen LogP contribution >= 0.6 is 0 Å². The predicted octanol–water partition coefficient (Wildman–Crippen LogP) is 5.40. The summed E-state index contributed by atoms with van der Waals surface area (Å²) in [4.78, 5) is 16.4. The average Bonchev–Trinajstić information content (AvgIpc) is 2.95. The van der Waals surface area contributed by atoms with E-state index in [1.165, 1.54) is 6.92 Å². The zero-order valence-electron chi connectivity index (χ0n) is 21.5. The Bertz CT molecular complexity index is 1350. The third-order valence-corrected chi connectivity index (χ3v) is 7.23. The van der Waals surface area contributed by atoms with Gasteiger partial charge in [0.2, 0.25) is 5.91 Å². The summed E-state index contributed by atoms with van der Waals surface area (Å²) in [6, 6.07) is 28.6. The molecule has 196 valence electrons. The van der Waals surface area contributed by atoms with Crippen molar-refractivity contribution in [3.8, 4) is 11.5 Å². The number of anilines is 1. The first-order valence-corrected chi connectivity index (χ1v) is 13.4. The molecule has 1 amide bonds. The van der Waals surface area contributed by atoms with E-state index < -0.39 is 11.0 Å². The minimum Gasteiger partial charge on any atom is -0.493 e. The molecule has 0 aliphatic carbocycles. The third kappa shape index (κ3) is 7.74. The molecule has 1 unspecified atom stereocenters. The van der Waals surface area contributed by atoms with Crippen molar-refractivity contribution in [2.24, 2.45) is 0 Å². The summed E-state index contributed by atoms with van der Waals surface area (Å²) >= 11 is 0. The number of hydrogen-bond donors (Lipinski definition) is 1. The van der Waals surface area contributed by atoms with Crippen molar-refractivity contribution in [3.63, 3.8) is 0 Å². The predicted molar refractivity (Wildman–Crippen MR) is 149 cm³/mol. The number of amides is 1. The maximum absolute atomic E-state index is 13.7. The number of methoxy groups -OCH3 is 1. The van der Waals surface area contributed by atoms with Gasteiger partial charge >= 0.3 is 0 Å². The van der Waals surface area contributed by atoms with E-state index in [0.29, 0.717) is 48.2 Å². The van der Waals surface area contributed by atoms with Gasteiger partial charge in [-0.05, 0) is 59.7 Å². The van der Waals surface area contributed by atoms with Crippen LogP contribution in [0.25, 0.3) is 0 Å². The Morgan fingerprint density at radius 2 is 1.68 bits per heavy atom. The minimum atomic E-state index is -1.44. The molecule has 0 saturated heterocycles. The molecular formula is C30H31N3O4S. The van der Waals surface area contributed by atoms with Crippen LogP contribution in [0.5, 0.6) is 11.5 Å². The molecular weight excluding hydrogens is 498 g/mol. The fourth-order valence-corrected chi connectivity index (χ4v) is 5.07. The number of hydrogen-bond acceptors (Lipinski definition) is 5. The number of carbonyl (C=O) groups excluding carboxylic acids is 1. The third-order valence-electron chi connectivity index (χ3n) is 5.78. The second-order valence-corrected chi connectivity index (χ2v) is 10.1. The van der Waals surface area contributed by atoms with E-state index in [0.717, 1.165) is 16.8 Å². The molecule has 0 aliphatic heterocycles. The summed E-state index contributed by atoms with van der Waals surface area (Å²) in [6.45, 7) is 2.86. The van der Waals surface area contributed by atoms with Crippen molar-refractivity contribution in [3.05, 3.63) is 114 Å². The van der Waals surface area contributed by atoms with Crippen LogP contribution in [0.3, 0.4) is 0 Å². The lowest BCUT2D eigenvalue weighted by Crippen LogP contribution is -2.28.